The quantitative estimate of drug-likeness (QED) is 0.844. The molecule has 0 spiro atoms. The lowest BCUT2D eigenvalue weighted by Crippen LogP contribution is -2.29. The fourth-order valence-electron chi connectivity index (χ4n) is 1.55. The van der Waals surface area contributed by atoms with Gasteiger partial charge in [-0.3, -0.25) is 0 Å². The molecule has 1 heterocycles. The van der Waals surface area contributed by atoms with Gasteiger partial charge in [-0.25, -0.2) is 0 Å². The highest BCUT2D eigenvalue weighted by atomic mass is 35.5. The van der Waals surface area contributed by atoms with Gasteiger partial charge >= 0.3 is 0 Å². The van der Waals surface area contributed by atoms with E-state index in [-0.39, 0.29) is 12.1 Å². The average molecular weight is 234 g/mol. The number of thiophene rings is 1. The minimum atomic E-state index is 0.177. The van der Waals surface area contributed by atoms with Gasteiger partial charge in [0, 0.05) is 12.0 Å². The molecule has 1 rings (SSSR count). The van der Waals surface area contributed by atoms with Crippen molar-refractivity contribution in [3.8, 4) is 0 Å². The van der Waals surface area contributed by atoms with Crippen LogP contribution < -0.4 is 5.32 Å². The van der Waals surface area contributed by atoms with Crippen LogP contribution >= 0.6 is 22.9 Å². The van der Waals surface area contributed by atoms with Crippen LogP contribution in [0.5, 0.6) is 0 Å². The summed E-state index contributed by atoms with van der Waals surface area (Å²) in [5.41, 5.74) is 0. The fraction of sp³-hybridized carbons (Fsp3) is 0.600. The average Bonchev–Trinajstić information content (AvgIpc) is 2.61. The third-order valence-electron chi connectivity index (χ3n) is 2.32. The van der Waals surface area contributed by atoms with Gasteiger partial charge in [-0.1, -0.05) is 18.5 Å². The number of rotatable bonds is 5. The molecule has 0 aliphatic heterocycles. The maximum absolute atomic E-state index is 6.09. The smallest absolute Gasteiger partial charge is 0.0771 e. The summed E-state index contributed by atoms with van der Waals surface area (Å²) in [6, 6.07) is 2.12. The summed E-state index contributed by atoms with van der Waals surface area (Å²) in [4.78, 5) is 1.16. The molecule has 1 N–H and O–H groups in total. The first-order chi connectivity index (χ1) is 6.74. The predicted octanol–water partition coefficient (Wildman–Crippen LogP) is 3.09. The highest BCUT2D eigenvalue weighted by Crippen LogP contribution is 2.32. The van der Waals surface area contributed by atoms with Gasteiger partial charge in [0.2, 0.25) is 0 Å². The normalized spacial score (nSPS) is 15.4. The van der Waals surface area contributed by atoms with Crippen LogP contribution in [0.2, 0.25) is 5.02 Å². The predicted molar refractivity (Wildman–Crippen MR) is 62.2 cm³/mol. The van der Waals surface area contributed by atoms with Crippen LogP contribution in [0.4, 0.5) is 0 Å². The largest absolute Gasteiger partial charge is 0.379 e. The van der Waals surface area contributed by atoms with E-state index in [4.69, 9.17) is 16.3 Å². The molecule has 0 aliphatic rings. The Morgan fingerprint density at radius 3 is 2.71 bits per heavy atom. The number of ether oxygens (including phenoxy) is 1. The Labute approximate surface area is 94.2 Å². The minimum absolute atomic E-state index is 0.177. The summed E-state index contributed by atoms with van der Waals surface area (Å²) < 4.78 is 5.42. The Bertz CT molecular complexity index is 273. The zero-order valence-electron chi connectivity index (χ0n) is 8.71. The first-order valence-corrected chi connectivity index (χ1v) is 5.93. The van der Waals surface area contributed by atoms with Crippen molar-refractivity contribution >= 4 is 22.9 Å². The Kier molecular flexibility index (Phi) is 4.89. The number of nitrogens with one attached hydrogen (secondary N) is 1. The summed E-state index contributed by atoms with van der Waals surface area (Å²) >= 11 is 7.75. The van der Waals surface area contributed by atoms with Crippen molar-refractivity contribution in [2.45, 2.75) is 25.5 Å². The van der Waals surface area contributed by atoms with E-state index < -0.39 is 0 Å². The van der Waals surface area contributed by atoms with Gasteiger partial charge in [0.15, 0.2) is 0 Å². The van der Waals surface area contributed by atoms with E-state index in [0.717, 1.165) is 16.3 Å². The van der Waals surface area contributed by atoms with E-state index in [1.807, 2.05) is 18.5 Å². The van der Waals surface area contributed by atoms with Crippen LogP contribution in [0.15, 0.2) is 11.4 Å². The number of likely N-dealkylation sites (N-methyl/N-ethyl adjacent to an activating group) is 1. The van der Waals surface area contributed by atoms with Gasteiger partial charge in [-0.05, 0) is 24.9 Å². The summed E-state index contributed by atoms with van der Waals surface area (Å²) in [5.74, 6) is 0. The molecule has 1 aromatic rings. The lowest BCUT2D eigenvalue weighted by Gasteiger charge is -2.24. The van der Waals surface area contributed by atoms with E-state index in [1.165, 1.54) is 0 Å². The first-order valence-electron chi connectivity index (χ1n) is 4.67. The lowest BCUT2D eigenvalue weighted by molar-refractivity contribution is 0.0686. The van der Waals surface area contributed by atoms with E-state index in [0.29, 0.717) is 0 Å². The van der Waals surface area contributed by atoms with Crippen molar-refractivity contribution in [1.29, 1.82) is 0 Å². The molecule has 0 aromatic carbocycles. The molecule has 2 unspecified atom stereocenters. The zero-order chi connectivity index (χ0) is 10.6. The number of hydrogen-bond donors (Lipinski definition) is 1. The van der Waals surface area contributed by atoms with E-state index >= 15 is 0 Å². The second kappa shape index (κ2) is 5.71. The van der Waals surface area contributed by atoms with E-state index in [1.54, 1.807) is 18.4 Å². The molecule has 0 aliphatic carbocycles. The third kappa shape index (κ3) is 2.48. The SMILES string of the molecule is CCC(OC)C(NC)c1sccc1Cl. The number of halogens is 1. The van der Waals surface area contributed by atoms with Gasteiger partial charge < -0.3 is 10.1 Å². The Balaban J connectivity index is 2.86. The van der Waals surface area contributed by atoms with Crippen molar-refractivity contribution in [1.82, 2.24) is 5.32 Å². The maximum Gasteiger partial charge on any atom is 0.0771 e. The topological polar surface area (TPSA) is 21.3 Å². The van der Waals surface area contributed by atoms with Crippen LogP contribution in [0.1, 0.15) is 24.3 Å². The fourth-order valence-corrected chi connectivity index (χ4v) is 2.89. The van der Waals surface area contributed by atoms with Crippen LogP contribution in [-0.2, 0) is 4.74 Å². The van der Waals surface area contributed by atoms with Gasteiger partial charge in [0.25, 0.3) is 0 Å². The molecule has 0 bridgehead atoms. The minimum Gasteiger partial charge on any atom is -0.379 e. The Morgan fingerprint density at radius 1 is 1.64 bits per heavy atom. The molecule has 14 heavy (non-hydrogen) atoms. The summed E-state index contributed by atoms with van der Waals surface area (Å²) in [6.07, 6.45) is 1.15. The highest BCUT2D eigenvalue weighted by molar-refractivity contribution is 7.10. The lowest BCUT2D eigenvalue weighted by atomic mass is 10.1. The molecular weight excluding hydrogens is 218 g/mol. The molecular formula is C10H16ClNOS. The second-order valence-electron chi connectivity index (χ2n) is 3.08. The van der Waals surface area contributed by atoms with Crippen molar-refractivity contribution < 1.29 is 4.74 Å². The number of methoxy groups -OCH3 is 1. The Morgan fingerprint density at radius 2 is 2.36 bits per heavy atom. The Hall–Kier alpha value is -0.0900. The standard InChI is InChI=1S/C10H16ClNOS/c1-4-8(13-3)9(12-2)10-7(11)5-6-14-10/h5-6,8-9,12H,4H2,1-3H3. The molecule has 0 saturated heterocycles. The van der Waals surface area contributed by atoms with E-state index in [2.05, 4.69) is 12.2 Å². The summed E-state index contributed by atoms with van der Waals surface area (Å²) in [7, 11) is 3.67. The monoisotopic (exact) mass is 233 g/mol. The summed E-state index contributed by atoms with van der Waals surface area (Å²) in [5, 5.41) is 6.08. The van der Waals surface area contributed by atoms with Crippen molar-refractivity contribution in [2.24, 2.45) is 0 Å². The van der Waals surface area contributed by atoms with Crippen molar-refractivity contribution in [3.63, 3.8) is 0 Å². The maximum atomic E-state index is 6.09. The molecule has 4 heteroatoms. The van der Waals surface area contributed by atoms with Gasteiger partial charge in [0.1, 0.15) is 0 Å². The van der Waals surface area contributed by atoms with Crippen LogP contribution in [0.25, 0.3) is 0 Å². The first kappa shape index (κ1) is 12.0. The van der Waals surface area contributed by atoms with E-state index in [9.17, 15) is 0 Å². The van der Waals surface area contributed by atoms with Gasteiger partial charge in [0.05, 0.1) is 17.2 Å². The molecule has 2 atom stereocenters. The number of hydrogen-bond acceptors (Lipinski definition) is 3. The van der Waals surface area contributed by atoms with Crippen LogP contribution in [0, 0.1) is 0 Å². The molecule has 1 aromatic heterocycles. The second-order valence-corrected chi connectivity index (χ2v) is 4.44. The van der Waals surface area contributed by atoms with Crippen LogP contribution in [0.3, 0.4) is 0 Å². The zero-order valence-corrected chi connectivity index (χ0v) is 10.3. The molecule has 0 fully saturated rings. The van der Waals surface area contributed by atoms with Crippen LogP contribution in [-0.4, -0.2) is 20.3 Å². The van der Waals surface area contributed by atoms with Gasteiger partial charge in [-0.2, -0.15) is 0 Å². The summed E-state index contributed by atoms with van der Waals surface area (Å²) in [6.45, 7) is 2.11. The third-order valence-corrected chi connectivity index (χ3v) is 3.76. The molecule has 0 radical (unpaired) electrons. The molecule has 0 saturated carbocycles. The molecule has 0 amide bonds. The molecule has 80 valence electrons. The van der Waals surface area contributed by atoms with Crippen molar-refractivity contribution in [2.75, 3.05) is 14.2 Å². The highest BCUT2D eigenvalue weighted by Gasteiger charge is 2.22. The molecule has 2 nitrogen and oxygen atoms in total. The van der Waals surface area contributed by atoms with Crippen molar-refractivity contribution in [3.05, 3.63) is 21.3 Å². The van der Waals surface area contributed by atoms with Gasteiger partial charge in [-0.15, -0.1) is 11.3 Å².